The highest BCUT2D eigenvalue weighted by Gasteiger charge is 2.18. The number of benzene rings is 1. The fourth-order valence-electron chi connectivity index (χ4n) is 2.24. The van der Waals surface area contributed by atoms with E-state index in [0.717, 1.165) is 42.9 Å². The Kier molecular flexibility index (Phi) is 4.63. The van der Waals surface area contributed by atoms with E-state index >= 15 is 0 Å². The molecule has 2 rings (SSSR count). The van der Waals surface area contributed by atoms with Crippen molar-refractivity contribution >= 4 is 11.7 Å². The molecule has 19 heavy (non-hydrogen) atoms. The second kappa shape index (κ2) is 6.43. The molecule has 2 amide bonds. The smallest absolute Gasteiger partial charge is 0.321 e. The molecule has 1 fully saturated rings. The van der Waals surface area contributed by atoms with Gasteiger partial charge in [-0.25, -0.2) is 4.79 Å². The quantitative estimate of drug-likeness (QED) is 0.874. The number of hydrogen-bond donors (Lipinski definition) is 2. The van der Waals surface area contributed by atoms with Crippen molar-refractivity contribution in [1.29, 1.82) is 0 Å². The maximum atomic E-state index is 12.0. The molecule has 0 aromatic heterocycles. The highest BCUT2D eigenvalue weighted by molar-refractivity contribution is 5.89. The van der Waals surface area contributed by atoms with E-state index in [1.54, 1.807) is 0 Å². The number of carbonyl (C=O) groups is 1. The van der Waals surface area contributed by atoms with Gasteiger partial charge in [0.15, 0.2) is 0 Å². The highest BCUT2D eigenvalue weighted by atomic mass is 16.5. The molecule has 0 radical (unpaired) electrons. The Hall–Kier alpha value is -1.75. The van der Waals surface area contributed by atoms with Gasteiger partial charge in [-0.15, -0.1) is 0 Å². The van der Waals surface area contributed by atoms with Gasteiger partial charge in [-0.1, -0.05) is 0 Å². The van der Waals surface area contributed by atoms with Crippen molar-refractivity contribution in [2.75, 3.05) is 25.0 Å². The van der Waals surface area contributed by atoms with Crippen LogP contribution in [0.1, 0.15) is 25.3 Å². The molecule has 104 valence electrons. The van der Waals surface area contributed by atoms with Crippen molar-refractivity contribution in [2.24, 2.45) is 5.73 Å². The minimum absolute atomic E-state index is 0.0374. The molecule has 1 saturated heterocycles. The van der Waals surface area contributed by atoms with Crippen LogP contribution in [0.3, 0.4) is 0 Å². The normalized spacial score (nSPS) is 14.5. The van der Waals surface area contributed by atoms with E-state index in [-0.39, 0.29) is 6.03 Å². The van der Waals surface area contributed by atoms with E-state index in [4.69, 9.17) is 10.5 Å². The molecule has 0 spiro atoms. The van der Waals surface area contributed by atoms with Gasteiger partial charge < -0.3 is 20.7 Å². The molecule has 0 aliphatic carbocycles. The second-order valence-corrected chi connectivity index (χ2v) is 4.58. The van der Waals surface area contributed by atoms with Gasteiger partial charge >= 0.3 is 6.03 Å². The first-order chi connectivity index (χ1) is 9.24. The molecule has 0 bridgehead atoms. The summed E-state index contributed by atoms with van der Waals surface area (Å²) in [6, 6.07) is 5.53. The summed E-state index contributed by atoms with van der Waals surface area (Å²) in [7, 11) is 0. The van der Waals surface area contributed by atoms with Crippen LogP contribution < -0.4 is 15.8 Å². The van der Waals surface area contributed by atoms with Crippen LogP contribution in [0, 0.1) is 0 Å². The van der Waals surface area contributed by atoms with E-state index in [1.165, 1.54) is 0 Å². The van der Waals surface area contributed by atoms with Gasteiger partial charge in [-0.2, -0.15) is 0 Å². The summed E-state index contributed by atoms with van der Waals surface area (Å²) in [5.41, 5.74) is 7.37. The van der Waals surface area contributed by atoms with Crippen LogP contribution in [0.15, 0.2) is 18.2 Å². The topological polar surface area (TPSA) is 67.6 Å². The van der Waals surface area contributed by atoms with Crippen molar-refractivity contribution in [3.63, 3.8) is 0 Å². The van der Waals surface area contributed by atoms with E-state index < -0.39 is 0 Å². The minimum atomic E-state index is -0.0374. The molecule has 0 unspecified atom stereocenters. The van der Waals surface area contributed by atoms with Crippen molar-refractivity contribution in [3.8, 4) is 5.75 Å². The highest BCUT2D eigenvalue weighted by Crippen LogP contribution is 2.23. The summed E-state index contributed by atoms with van der Waals surface area (Å²) >= 11 is 0. The van der Waals surface area contributed by atoms with E-state index in [2.05, 4.69) is 5.32 Å². The van der Waals surface area contributed by atoms with Gasteiger partial charge in [0, 0.05) is 30.9 Å². The number of rotatable bonds is 4. The van der Waals surface area contributed by atoms with Gasteiger partial charge in [0.2, 0.25) is 0 Å². The lowest BCUT2D eigenvalue weighted by Gasteiger charge is -2.17. The Morgan fingerprint density at radius 3 is 2.79 bits per heavy atom. The summed E-state index contributed by atoms with van der Waals surface area (Å²) in [5, 5.41) is 2.90. The van der Waals surface area contributed by atoms with Crippen LogP contribution in [0.4, 0.5) is 10.5 Å². The van der Waals surface area contributed by atoms with Crippen molar-refractivity contribution in [3.05, 3.63) is 23.8 Å². The monoisotopic (exact) mass is 263 g/mol. The third-order valence-corrected chi connectivity index (χ3v) is 3.22. The molecule has 1 heterocycles. The molecule has 1 aliphatic heterocycles. The maximum absolute atomic E-state index is 12.0. The zero-order chi connectivity index (χ0) is 13.7. The Morgan fingerprint density at radius 1 is 1.42 bits per heavy atom. The average molecular weight is 263 g/mol. The molecule has 5 nitrogen and oxygen atoms in total. The van der Waals surface area contributed by atoms with E-state index in [1.807, 2.05) is 30.0 Å². The lowest BCUT2D eigenvalue weighted by Crippen LogP contribution is -2.32. The summed E-state index contributed by atoms with van der Waals surface area (Å²) < 4.78 is 5.48. The molecular weight excluding hydrogens is 242 g/mol. The number of carbonyl (C=O) groups excluding carboxylic acids is 1. The Balaban J connectivity index is 2.05. The lowest BCUT2D eigenvalue weighted by molar-refractivity contribution is 0.222. The number of hydrogen-bond acceptors (Lipinski definition) is 3. The van der Waals surface area contributed by atoms with E-state index in [9.17, 15) is 4.79 Å². The number of ether oxygens (including phenoxy) is 1. The summed E-state index contributed by atoms with van der Waals surface area (Å²) in [5.74, 6) is 0.782. The maximum Gasteiger partial charge on any atom is 0.321 e. The van der Waals surface area contributed by atoms with E-state index in [0.29, 0.717) is 13.2 Å². The number of nitrogens with zero attached hydrogens (tertiary/aromatic N) is 1. The minimum Gasteiger partial charge on any atom is -0.494 e. The molecule has 0 saturated carbocycles. The number of amides is 2. The number of anilines is 1. The number of nitrogens with one attached hydrogen (secondary N) is 1. The first kappa shape index (κ1) is 13.7. The van der Waals surface area contributed by atoms with Crippen molar-refractivity contribution in [2.45, 2.75) is 26.3 Å². The van der Waals surface area contributed by atoms with Crippen molar-refractivity contribution < 1.29 is 9.53 Å². The SMILES string of the molecule is CCOc1ccc(NC(=O)N2CCCC2)cc1CN. The molecule has 0 atom stereocenters. The lowest BCUT2D eigenvalue weighted by atomic mass is 10.2. The van der Waals surface area contributed by atoms with Gasteiger partial charge in [-0.05, 0) is 38.0 Å². The molecule has 1 aliphatic rings. The molecule has 1 aromatic carbocycles. The summed E-state index contributed by atoms with van der Waals surface area (Å²) in [4.78, 5) is 13.8. The van der Waals surface area contributed by atoms with Gasteiger partial charge in [-0.3, -0.25) is 0 Å². The standard InChI is InChI=1S/C14H21N3O2/c1-2-19-13-6-5-12(9-11(13)10-15)16-14(18)17-7-3-4-8-17/h5-6,9H,2-4,7-8,10,15H2,1H3,(H,16,18). The molecule has 3 N–H and O–H groups in total. The van der Waals surface area contributed by atoms with Crippen LogP contribution in [0.5, 0.6) is 5.75 Å². The fraction of sp³-hybridized carbons (Fsp3) is 0.500. The number of urea groups is 1. The summed E-state index contributed by atoms with van der Waals surface area (Å²) in [6.07, 6.45) is 2.18. The molecular formula is C14H21N3O2. The van der Waals surface area contributed by atoms with Crippen LogP contribution in [-0.2, 0) is 6.54 Å². The molecule has 5 heteroatoms. The third kappa shape index (κ3) is 3.38. The van der Waals surface area contributed by atoms with Gasteiger partial charge in [0.05, 0.1) is 6.61 Å². The number of likely N-dealkylation sites (tertiary alicyclic amines) is 1. The average Bonchev–Trinajstić information content (AvgIpc) is 2.94. The zero-order valence-electron chi connectivity index (χ0n) is 11.3. The predicted molar refractivity (Wildman–Crippen MR) is 75.3 cm³/mol. The van der Waals surface area contributed by atoms with Crippen LogP contribution in [0.25, 0.3) is 0 Å². The first-order valence-electron chi connectivity index (χ1n) is 6.76. The third-order valence-electron chi connectivity index (χ3n) is 3.22. The fourth-order valence-corrected chi connectivity index (χ4v) is 2.24. The Labute approximate surface area is 113 Å². The first-order valence-corrected chi connectivity index (χ1v) is 6.76. The van der Waals surface area contributed by atoms with Gasteiger partial charge in [0.1, 0.15) is 5.75 Å². The van der Waals surface area contributed by atoms with Crippen LogP contribution >= 0.6 is 0 Å². The largest absolute Gasteiger partial charge is 0.494 e. The Bertz CT molecular complexity index is 442. The second-order valence-electron chi connectivity index (χ2n) is 4.58. The molecule has 1 aromatic rings. The summed E-state index contributed by atoms with van der Waals surface area (Å²) in [6.45, 7) is 4.61. The predicted octanol–water partition coefficient (Wildman–Crippen LogP) is 2.17. The van der Waals surface area contributed by atoms with Gasteiger partial charge in [0.25, 0.3) is 0 Å². The van der Waals surface area contributed by atoms with Crippen LogP contribution in [-0.4, -0.2) is 30.6 Å². The van der Waals surface area contributed by atoms with Crippen molar-refractivity contribution in [1.82, 2.24) is 4.90 Å². The Morgan fingerprint density at radius 2 is 2.16 bits per heavy atom. The number of nitrogens with two attached hydrogens (primary N) is 1. The van der Waals surface area contributed by atoms with Crippen LogP contribution in [0.2, 0.25) is 0 Å². The zero-order valence-corrected chi connectivity index (χ0v) is 11.3.